The minimum atomic E-state index is 0. The maximum atomic E-state index is 0. The Labute approximate surface area is 81.8 Å². The first-order chi connectivity index (χ1) is 0. The molecule has 0 aromatic heterocycles. The minimum absolute atomic E-state index is 0. The summed E-state index contributed by atoms with van der Waals surface area (Å²) in [5.74, 6) is 0. The Balaban J connectivity index is 0. The maximum Gasteiger partial charge on any atom is 3.00 e. The fraction of sp³-hybridized carbons (Fsp3) is 0. The van der Waals surface area contributed by atoms with Crippen molar-refractivity contribution in [2.75, 3.05) is 0 Å². The van der Waals surface area contributed by atoms with Crippen LogP contribution in [0.2, 0.25) is 0 Å². The topological polar surface area (TPSA) is 0 Å². The summed E-state index contributed by atoms with van der Waals surface area (Å²) in [4.78, 5) is 0. The van der Waals surface area contributed by atoms with Crippen molar-refractivity contribution in [1.82, 2.24) is 0 Å². The molecule has 0 rings (SSSR count). The van der Waals surface area contributed by atoms with E-state index in [9.17, 15) is 0 Å². The fourth-order valence-electron chi connectivity index (χ4n) is 0. The van der Waals surface area contributed by atoms with Crippen molar-refractivity contribution in [3.8, 4) is 0 Å². The third-order valence-corrected chi connectivity index (χ3v) is 0. The Bertz CT molecular complexity index is 9.61. The minimum Gasteiger partial charge on any atom is -3.00 e. The molecule has 0 aromatic rings. The van der Waals surface area contributed by atoms with Gasteiger partial charge in [0.15, 0.2) is 0 Å². The molecule has 19 valence electrons. The quantitative estimate of drug-likeness (QED) is 0.447. The van der Waals surface area contributed by atoms with Gasteiger partial charge in [-0.2, -0.15) is 0 Å². The van der Waals surface area contributed by atoms with Crippen molar-refractivity contribution in [3.63, 3.8) is 0 Å². The molecule has 0 fully saturated rings. The Morgan fingerprint density at radius 1 is 0.800 bits per heavy atom. The van der Waals surface area contributed by atoms with E-state index >= 15 is 0 Å². The van der Waals surface area contributed by atoms with Crippen molar-refractivity contribution < 1.29 is 0 Å². The molecule has 0 bridgehead atoms. The van der Waals surface area contributed by atoms with Crippen molar-refractivity contribution in [2.24, 2.45) is 0 Å². The number of hydrogen-bond acceptors (Lipinski definition) is 0. The van der Waals surface area contributed by atoms with E-state index in [0.29, 0.717) is 0 Å². The zero-order valence-electron chi connectivity index (χ0n) is 2.63. The molecule has 0 atom stereocenters. The van der Waals surface area contributed by atoms with Gasteiger partial charge < -0.3 is 19.8 Å². The summed E-state index contributed by atoms with van der Waals surface area (Å²) in [7, 11) is 0. The molecule has 0 amide bonds. The largest absolute Gasteiger partial charge is 3.00 e. The van der Waals surface area contributed by atoms with E-state index in [0.717, 1.165) is 0 Å². The summed E-state index contributed by atoms with van der Waals surface area (Å²) in [6.07, 6.45) is 0. The predicted molar refractivity (Wildman–Crippen MR) is 31.1 cm³/mol. The van der Waals surface area contributed by atoms with Crippen LogP contribution in [0.5, 0.6) is 0 Å². The Kier molecular flexibility index (Phi) is 256. The first-order valence-electron chi connectivity index (χ1n) is 0. The molecule has 0 aliphatic heterocycles. The van der Waals surface area contributed by atoms with Gasteiger partial charge in [-0.15, -0.1) is 0 Å². The first-order valence-corrected chi connectivity index (χ1v) is 0. The SMILES string of the molecule is [Al+3].[Ga+3].[In].[P-3].[P-3]. The summed E-state index contributed by atoms with van der Waals surface area (Å²) in [5.41, 5.74) is 0. The Morgan fingerprint density at radius 3 is 0.800 bits per heavy atom. The van der Waals surface area contributed by atoms with Crippen LogP contribution >= 0.6 is 19.8 Å². The van der Waals surface area contributed by atoms with Gasteiger partial charge in [-0.1, -0.05) is 0 Å². The van der Waals surface area contributed by atoms with Gasteiger partial charge in [0.05, 0.1) is 0 Å². The van der Waals surface area contributed by atoms with Crippen molar-refractivity contribution in [2.45, 2.75) is 0 Å². The molecule has 0 nitrogen and oxygen atoms in total. The molecule has 0 spiro atoms. The summed E-state index contributed by atoms with van der Waals surface area (Å²) in [5, 5.41) is 0. The van der Waals surface area contributed by atoms with Gasteiger partial charge in [0, 0.05) is 25.8 Å². The molecule has 5 heavy (non-hydrogen) atoms. The molecule has 0 aliphatic carbocycles. The molecule has 3 radical (unpaired) electrons. The zero-order chi connectivity index (χ0) is 0. The number of rotatable bonds is 0. The van der Waals surface area contributed by atoms with Crippen molar-refractivity contribution >= 4 is 82.8 Å². The third-order valence-electron chi connectivity index (χ3n) is 0. The van der Waals surface area contributed by atoms with Crippen LogP contribution in [-0.4, -0.2) is 63.0 Å². The molecule has 0 aliphatic rings. The summed E-state index contributed by atoms with van der Waals surface area (Å²) in [6.45, 7) is 0. The van der Waals surface area contributed by atoms with Gasteiger partial charge in [-0.25, -0.2) is 0 Å². The van der Waals surface area contributed by atoms with E-state index in [1.54, 1.807) is 0 Å². The normalized spacial score (nSPS) is 0. The van der Waals surface area contributed by atoms with E-state index in [2.05, 4.69) is 0 Å². The average Bonchev–Trinajstić information content (AvgIpc) is 0. The van der Waals surface area contributed by atoms with E-state index in [-0.39, 0.29) is 82.8 Å². The van der Waals surface area contributed by atoms with E-state index in [4.69, 9.17) is 0 Å². The van der Waals surface area contributed by atoms with E-state index in [1.165, 1.54) is 0 Å². The fourth-order valence-corrected chi connectivity index (χ4v) is 0. The molecular formula is AlGaInP2. The molecule has 0 saturated carbocycles. The average molecular weight is 273 g/mol. The van der Waals surface area contributed by atoms with Gasteiger partial charge >= 0.3 is 37.2 Å². The van der Waals surface area contributed by atoms with Gasteiger partial charge in [0.2, 0.25) is 0 Å². The van der Waals surface area contributed by atoms with Crippen LogP contribution in [0, 0.1) is 0 Å². The molecule has 0 unspecified atom stereocenters. The first kappa shape index (κ1) is 44.7. The third kappa shape index (κ3) is 19.7. The second kappa shape index (κ2) is 28.6. The van der Waals surface area contributed by atoms with E-state index in [1.807, 2.05) is 0 Å². The monoisotopic (exact) mass is 273 g/mol. The molecule has 5 heteroatoms. The van der Waals surface area contributed by atoms with Crippen molar-refractivity contribution in [3.05, 3.63) is 0 Å². The van der Waals surface area contributed by atoms with Crippen LogP contribution in [0.15, 0.2) is 0 Å². The van der Waals surface area contributed by atoms with Crippen LogP contribution in [-0.2, 0) is 0 Å². The Morgan fingerprint density at radius 2 is 0.800 bits per heavy atom. The zero-order valence-corrected chi connectivity index (χ0v) is 11.3. The van der Waals surface area contributed by atoms with Gasteiger partial charge in [-0.05, 0) is 0 Å². The van der Waals surface area contributed by atoms with Crippen LogP contribution in [0.4, 0.5) is 0 Å². The standard InChI is InChI=1S/Al.Ga.In.2P/q2*+3;;2*-3. The number of hydrogen-bond donors (Lipinski definition) is 0. The Hall–Kier alpha value is 2.90. The van der Waals surface area contributed by atoms with Gasteiger partial charge in [-0.3, -0.25) is 0 Å². The molecular weight excluding hydrogens is 273 g/mol. The van der Waals surface area contributed by atoms with Crippen LogP contribution in [0.3, 0.4) is 0 Å². The second-order valence-corrected chi connectivity index (χ2v) is 0. The smallest absolute Gasteiger partial charge is 3.00 e. The van der Waals surface area contributed by atoms with Gasteiger partial charge in [0.25, 0.3) is 0 Å². The van der Waals surface area contributed by atoms with Gasteiger partial charge in [0.1, 0.15) is 0 Å². The maximum absolute atomic E-state index is 0. The van der Waals surface area contributed by atoms with Crippen LogP contribution in [0.25, 0.3) is 0 Å². The molecule has 0 heterocycles. The van der Waals surface area contributed by atoms with Crippen molar-refractivity contribution in [1.29, 1.82) is 0 Å². The molecule has 0 N–H and O–H groups in total. The molecule has 0 saturated heterocycles. The van der Waals surface area contributed by atoms with E-state index < -0.39 is 0 Å². The summed E-state index contributed by atoms with van der Waals surface area (Å²) < 4.78 is 0. The summed E-state index contributed by atoms with van der Waals surface area (Å²) in [6, 6.07) is 0. The predicted octanol–water partition coefficient (Wildman–Crippen LogP) is 0.580. The molecule has 0 aromatic carbocycles. The van der Waals surface area contributed by atoms with Crippen LogP contribution in [0.1, 0.15) is 0 Å². The van der Waals surface area contributed by atoms with Crippen LogP contribution < -0.4 is 0 Å². The summed E-state index contributed by atoms with van der Waals surface area (Å²) >= 11 is 0. The second-order valence-electron chi connectivity index (χ2n) is 0.